The zero-order chi connectivity index (χ0) is 16.9. The molecule has 0 atom stereocenters. The van der Waals surface area contributed by atoms with Crippen molar-refractivity contribution in [2.45, 2.75) is 4.90 Å². The quantitative estimate of drug-likeness (QED) is 0.274. The Morgan fingerprint density at radius 3 is 2.71 bits per heavy atom. The van der Waals surface area contributed by atoms with E-state index in [-0.39, 0.29) is 42.1 Å². The van der Waals surface area contributed by atoms with E-state index < -0.39 is 20.7 Å². The summed E-state index contributed by atoms with van der Waals surface area (Å²) in [5, 5.41) is 0.138. The smallest absolute Gasteiger partial charge is 0.243 e. The van der Waals surface area contributed by atoms with Crippen LogP contribution in [0, 0.1) is 5.82 Å². The highest BCUT2D eigenvalue weighted by Crippen LogP contribution is 2.18. The van der Waals surface area contributed by atoms with E-state index in [9.17, 15) is 12.8 Å². The summed E-state index contributed by atoms with van der Waals surface area (Å²) in [7, 11) is -3.94. The van der Waals surface area contributed by atoms with Crippen LogP contribution in [0.15, 0.2) is 28.1 Å². The van der Waals surface area contributed by atoms with Crippen molar-refractivity contribution in [3.63, 3.8) is 0 Å². The standard InChI is InChI=1S/C13H18ClFN4O2S2.HI/c14-10-1-2-12(11(15)9-10)23(20,21)18-4-3-17-13(16)19-5-7-22-8-6-19;/h1-2,9,18H,3-8H2,(H2,16,17);1H. The van der Waals surface area contributed by atoms with Crippen LogP contribution in [0.5, 0.6) is 0 Å². The van der Waals surface area contributed by atoms with Crippen molar-refractivity contribution in [2.24, 2.45) is 10.7 Å². The Balaban J connectivity index is 0.00000288. The number of benzene rings is 1. The molecule has 1 aromatic rings. The van der Waals surface area contributed by atoms with Crippen molar-refractivity contribution < 1.29 is 12.8 Å². The fourth-order valence-corrected chi connectivity index (χ4v) is 4.15. The molecule has 0 aliphatic carbocycles. The van der Waals surface area contributed by atoms with Crippen LogP contribution in [0.1, 0.15) is 0 Å². The summed E-state index contributed by atoms with van der Waals surface area (Å²) in [4.78, 5) is 5.67. The molecule has 0 aromatic heterocycles. The van der Waals surface area contributed by atoms with Gasteiger partial charge in [-0.15, -0.1) is 24.0 Å². The van der Waals surface area contributed by atoms with Crippen molar-refractivity contribution >= 4 is 63.3 Å². The minimum Gasteiger partial charge on any atom is -0.370 e. The van der Waals surface area contributed by atoms with Crippen molar-refractivity contribution in [3.8, 4) is 0 Å². The topological polar surface area (TPSA) is 87.8 Å². The van der Waals surface area contributed by atoms with Crippen LogP contribution in [0.2, 0.25) is 5.02 Å². The molecule has 0 saturated carbocycles. The van der Waals surface area contributed by atoms with Gasteiger partial charge in [0.25, 0.3) is 0 Å². The highest BCUT2D eigenvalue weighted by atomic mass is 127. The second kappa shape index (κ2) is 10.00. The Bertz CT molecular complexity index is 685. The van der Waals surface area contributed by atoms with Crippen LogP contribution in [-0.2, 0) is 10.0 Å². The van der Waals surface area contributed by atoms with Gasteiger partial charge in [0.15, 0.2) is 5.96 Å². The first kappa shape index (κ1) is 21.7. The van der Waals surface area contributed by atoms with E-state index in [1.54, 1.807) is 0 Å². The molecule has 1 saturated heterocycles. The highest BCUT2D eigenvalue weighted by molar-refractivity contribution is 14.0. The van der Waals surface area contributed by atoms with E-state index in [0.29, 0.717) is 5.96 Å². The molecule has 1 aromatic carbocycles. The molecular formula is C13H19ClFIN4O2S2. The van der Waals surface area contributed by atoms with Gasteiger partial charge in [-0.25, -0.2) is 17.5 Å². The average molecular weight is 509 g/mol. The van der Waals surface area contributed by atoms with Gasteiger partial charge >= 0.3 is 0 Å². The first-order valence-electron chi connectivity index (χ1n) is 6.97. The summed E-state index contributed by atoms with van der Waals surface area (Å²) >= 11 is 7.47. The lowest BCUT2D eigenvalue weighted by Gasteiger charge is -2.27. The number of halogens is 3. The van der Waals surface area contributed by atoms with Crippen LogP contribution in [0.25, 0.3) is 0 Å². The number of aliphatic imine (C=N–C) groups is 1. The van der Waals surface area contributed by atoms with Gasteiger partial charge in [0.1, 0.15) is 10.7 Å². The van der Waals surface area contributed by atoms with Crippen LogP contribution in [0.3, 0.4) is 0 Å². The zero-order valence-electron chi connectivity index (χ0n) is 12.7. The molecule has 0 amide bonds. The average Bonchev–Trinajstić information content (AvgIpc) is 2.52. The number of thioether (sulfide) groups is 1. The number of sulfonamides is 1. The van der Waals surface area contributed by atoms with Gasteiger partial charge in [-0.3, -0.25) is 4.99 Å². The van der Waals surface area contributed by atoms with Gasteiger partial charge in [0.2, 0.25) is 10.0 Å². The monoisotopic (exact) mass is 508 g/mol. The Morgan fingerprint density at radius 1 is 1.42 bits per heavy atom. The number of guanidine groups is 1. The molecule has 1 fully saturated rings. The first-order chi connectivity index (χ1) is 10.9. The molecule has 0 radical (unpaired) electrons. The maximum absolute atomic E-state index is 13.7. The molecule has 1 aliphatic rings. The summed E-state index contributed by atoms with van der Waals surface area (Å²) in [6.07, 6.45) is 0. The van der Waals surface area contributed by atoms with Gasteiger partial charge in [0.05, 0.1) is 6.54 Å². The van der Waals surface area contributed by atoms with Crippen molar-refractivity contribution in [3.05, 3.63) is 29.0 Å². The third-order valence-corrected chi connectivity index (χ3v) is 5.87. The third-order valence-electron chi connectivity index (χ3n) is 3.20. The lowest BCUT2D eigenvalue weighted by atomic mass is 10.3. The molecule has 1 heterocycles. The maximum Gasteiger partial charge on any atom is 0.243 e. The van der Waals surface area contributed by atoms with Crippen LogP contribution < -0.4 is 10.5 Å². The molecule has 0 bridgehead atoms. The predicted molar refractivity (Wildman–Crippen MR) is 107 cm³/mol. The highest BCUT2D eigenvalue weighted by Gasteiger charge is 2.18. The minimum atomic E-state index is -3.94. The molecular weight excluding hydrogens is 490 g/mol. The second-order valence-corrected chi connectivity index (χ2v) is 8.21. The Kier molecular flexibility index (Phi) is 9.06. The van der Waals surface area contributed by atoms with E-state index in [0.717, 1.165) is 36.7 Å². The maximum atomic E-state index is 13.7. The van der Waals surface area contributed by atoms with Gasteiger partial charge in [-0.1, -0.05) is 11.6 Å². The fraction of sp³-hybridized carbons (Fsp3) is 0.462. The van der Waals surface area contributed by atoms with E-state index in [1.807, 2.05) is 16.7 Å². The molecule has 0 spiro atoms. The van der Waals surface area contributed by atoms with Crippen LogP contribution in [0.4, 0.5) is 4.39 Å². The molecule has 3 N–H and O–H groups in total. The number of hydrogen-bond donors (Lipinski definition) is 2. The second-order valence-electron chi connectivity index (χ2n) is 4.81. The molecule has 136 valence electrons. The lowest BCUT2D eigenvalue weighted by Crippen LogP contribution is -2.43. The van der Waals surface area contributed by atoms with Gasteiger partial charge in [-0.2, -0.15) is 11.8 Å². The number of hydrogen-bond acceptors (Lipinski definition) is 4. The Labute approximate surface area is 167 Å². The zero-order valence-corrected chi connectivity index (χ0v) is 17.5. The summed E-state index contributed by atoms with van der Waals surface area (Å²) in [5.41, 5.74) is 5.86. The normalized spacial score (nSPS) is 15.9. The molecule has 24 heavy (non-hydrogen) atoms. The minimum absolute atomic E-state index is 0. The van der Waals surface area contributed by atoms with E-state index >= 15 is 0 Å². The molecule has 6 nitrogen and oxygen atoms in total. The Morgan fingerprint density at radius 2 is 2.08 bits per heavy atom. The molecule has 1 aliphatic heterocycles. The van der Waals surface area contributed by atoms with E-state index in [4.69, 9.17) is 17.3 Å². The fourth-order valence-electron chi connectivity index (χ4n) is 2.01. The number of rotatable bonds is 5. The molecule has 2 rings (SSSR count). The first-order valence-corrected chi connectivity index (χ1v) is 9.99. The van der Waals surface area contributed by atoms with Crippen molar-refractivity contribution in [1.29, 1.82) is 0 Å². The van der Waals surface area contributed by atoms with Crippen LogP contribution in [-0.4, -0.2) is 57.0 Å². The van der Waals surface area contributed by atoms with E-state index in [1.165, 1.54) is 6.07 Å². The van der Waals surface area contributed by atoms with Crippen molar-refractivity contribution in [2.75, 3.05) is 37.7 Å². The number of nitrogens with zero attached hydrogens (tertiary/aromatic N) is 2. The van der Waals surface area contributed by atoms with Crippen molar-refractivity contribution in [1.82, 2.24) is 9.62 Å². The molecule has 0 unspecified atom stereocenters. The van der Waals surface area contributed by atoms with E-state index in [2.05, 4.69) is 9.71 Å². The largest absolute Gasteiger partial charge is 0.370 e. The van der Waals surface area contributed by atoms with Gasteiger partial charge in [0, 0.05) is 36.2 Å². The number of nitrogens with one attached hydrogen (secondary N) is 1. The number of nitrogens with two attached hydrogens (primary N) is 1. The summed E-state index contributed by atoms with van der Waals surface area (Å²) in [6, 6.07) is 3.41. The SMILES string of the molecule is I.NC(=NCCNS(=O)(=O)c1ccc(Cl)cc1F)N1CCSCC1. The molecule has 11 heteroatoms. The summed E-state index contributed by atoms with van der Waals surface area (Å²) < 4.78 is 40.0. The predicted octanol–water partition coefficient (Wildman–Crippen LogP) is 1.74. The lowest BCUT2D eigenvalue weighted by molar-refractivity contribution is 0.456. The van der Waals surface area contributed by atoms with Gasteiger partial charge in [-0.05, 0) is 18.2 Å². The summed E-state index contributed by atoms with van der Waals surface area (Å²) in [6.45, 7) is 1.89. The summed E-state index contributed by atoms with van der Waals surface area (Å²) in [5.74, 6) is 1.51. The van der Waals surface area contributed by atoms with Gasteiger partial charge < -0.3 is 10.6 Å². The third kappa shape index (κ3) is 6.21. The van der Waals surface area contributed by atoms with Crippen LogP contribution >= 0.6 is 47.3 Å². The Hall–Kier alpha value is -0.300.